The number of pyridine rings is 1. The summed E-state index contributed by atoms with van der Waals surface area (Å²) in [5.74, 6) is -0.949. The zero-order valence-corrected chi connectivity index (χ0v) is 17.0. The Bertz CT molecular complexity index is 1010. The number of hydrogen-bond acceptors (Lipinski definition) is 5. The molecule has 5 nitrogen and oxygen atoms in total. The molecule has 1 unspecified atom stereocenters. The van der Waals surface area contributed by atoms with Crippen molar-refractivity contribution in [3.63, 3.8) is 0 Å². The van der Waals surface area contributed by atoms with Gasteiger partial charge in [-0.05, 0) is 54.9 Å². The van der Waals surface area contributed by atoms with E-state index in [1.165, 1.54) is 33.2 Å². The smallest absolute Gasteiger partial charge is 0.337 e. The Morgan fingerprint density at radius 2 is 2.03 bits per heavy atom. The molecule has 0 bridgehead atoms. The lowest BCUT2D eigenvalue weighted by molar-refractivity contribution is 0.0697. The quantitative estimate of drug-likeness (QED) is 0.626. The van der Waals surface area contributed by atoms with Crippen molar-refractivity contribution >= 4 is 23.4 Å². The first-order valence-electron chi connectivity index (χ1n) is 9.59. The highest BCUT2D eigenvalue weighted by atomic mass is 32.2. The number of anilines is 1. The van der Waals surface area contributed by atoms with E-state index in [-0.39, 0.29) is 11.6 Å². The van der Waals surface area contributed by atoms with Crippen LogP contribution in [0.5, 0.6) is 0 Å². The van der Waals surface area contributed by atoms with Crippen LogP contribution in [-0.2, 0) is 6.42 Å². The largest absolute Gasteiger partial charge is 0.478 e. The predicted octanol–water partition coefficient (Wildman–Crippen LogP) is 4.57. The molecular weight excluding hydrogens is 382 g/mol. The van der Waals surface area contributed by atoms with Gasteiger partial charge in [0.1, 0.15) is 0 Å². The summed E-state index contributed by atoms with van der Waals surface area (Å²) in [6, 6.07) is 18.8. The van der Waals surface area contributed by atoms with E-state index in [0.29, 0.717) is 12.2 Å². The molecule has 148 valence electrons. The minimum Gasteiger partial charge on any atom is -0.478 e. The lowest BCUT2D eigenvalue weighted by Gasteiger charge is -2.35. The van der Waals surface area contributed by atoms with Gasteiger partial charge in [-0.1, -0.05) is 36.0 Å². The second kappa shape index (κ2) is 8.68. The molecule has 0 fully saturated rings. The fourth-order valence-corrected chi connectivity index (χ4v) is 4.60. The Morgan fingerprint density at radius 3 is 2.83 bits per heavy atom. The molecular formula is C23H23N3O2S. The molecule has 2 aromatic carbocycles. The Labute approximate surface area is 174 Å². The van der Waals surface area contributed by atoms with Crippen molar-refractivity contribution in [1.82, 2.24) is 9.88 Å². The van der Waals surface area contributed by atoms with Gasteiger partial charge >= 0.3 is 5.97 Å². The highest BCUT2D eigenvalue weighted by Gasteiger charge is 2.25. The van der Waals surface area contributed by atoms with E-state index in [0.717, 1.165) is 13.0 Å². The van der Waals surface area contributed by atoms with Crippen molar-refractivity contribution in [2.24, 2.45) is 0 Å². The summed E-state index contributed by atoms with van der Waals surface area (Å²) in [6.45, 7) is 1.60. The minimum atomic E-state index is -0.949. The first kappa shape index (κ1) is 19.5. The lowest BCUT2D eigenvalue weighted by Crippen LogP contribution is -2.36. The molecule has 29 heavy (non-hydrogen) atoms. The van der Waals surface area contributed by atoms with Crippen molar-refractivity contribution in [3.05, 3.63) is 83.7 Å². The number of carboxylic acid groups (broad SMARTS) is 1. The molecule has 2 N–H and O–H groups in total. The number of rotatable bonds is 6. The van der Waals surface area contributed by atoms with E-state index >= 15 is 0 Å². The number of nitrogens with zero attached hydrogens (tertiary/aromatic N) is 2. The number of aromatic carboxylic acids is 1. The molecule has 2 heterocycles. The molecule has 6 heteroatoms. The number of likely N-dealkylation sites (N-methyl/N-ethyl adjacent to an activating group) is 1. The van der Waals surface area contributed by atoms with Crippen LogP contribution >= 0.6 is 11.8 Å². The monoisotopic (exact) mass is 405 g/mol. The molecule has 1 aromatic heterocycles. The van der Waals surface area contributed by atoms with Gasteiger partial charge in [-0.15, -0.1) is 0 Å². The second-order valence-electron chi connectivity index (χ2n) is 7.13. The number of fused-ring (bicyclic) bond motifs is 1. The molecule has 0 spiro atoms. The van der Waals surface area contributed by atoms with Crippen molar-refractivity contribution in [2.45, 2.75) is 22.3 Å². The van der Waals surface area contributed by atoms with E-state index < -0.39 is 5.97 Å². The first-order valence-corrected chi connectivity index (χ1v) is 10.4. The minimum absolute atomic E-state index is 0.177. The number of carboxylic acids is 1. The van der Waals surface area contributed by atoms with Crippen LogP contribution in [0, 0.1) is 0 Å². The van der Waals surface area contributed by atoms with Crippen LogP contribution in [0.3, 0.4) is 0 Å². The summed E-state index contributed by atoms with van der Waals surface area (Å²) >= 11 is 1.78. The highest BCUT2D eigenvalue weighted by Crippen LogP contribution is 2.34. The van der Waals surface area contributed by atoms with Gasteiger partial charge in [-0.2, -0.15) is 0 Å². The molecule has 1 aliphatic heterocycles. The van der Waals surface area contributed by atoms with Gasteiger partial charge < -0.3 is 10.4 Å². The van der Waals surface area contributed by atoms with Gasteiger partial charge in [-0.25, -0.2) is 4.79 Å². The lowest BCUT2D eigenvalue weighted by atomic mass is 9.93. The summed E-state index contributed by atoms with van der Waals surface area (Å²) in [5, 5.41) is 12.7. The molecule has 0 saturated carbocycles. The number of aromatic nitrogens is 1. The van der Waals surface area contributed by atoms with Gasteiger partial charge in [-0.3, -0.25) is 9.88 Å². The topological polar surface area (TPSA) is 65.5 Å². The molecule has 1 atom stereocenters. The van der Waals surface area contributed by atoms with Crippen molar-refractivity contribution in [3.8, 4) is 0 Å². The van der Waals surface area contributed by atoms with Gasteiger partial charge in [0, 0.05) is 29.1 Å². The summed E-state index contributed by atoms with van der Waals surface area (Å²) in [6.07, 6.45) is 4.09. The van der Waals surface area contributed by atoms with E-state index in [4.69, 9.17) is 0 Å². The maximum absolute atomic E-state index is 11.4. The van der Waals surface area contributed by atoms with Crippen LogP contribution in [0.25, 0.3) is 0 Å². The Balaban J connectivity index is 1.53. The van der Waals surface area contributed by atoms with Crippen LogP contribution in [0.4, 0.5) is 5.69 Å². The SMILES string of the molecule is CN1CCc2cc(Sc3ccccc3)ccc2C1CNc1cnccc1C(=O)O. The summed E-state index contributed by atoms with van der Waals surface area (Å²) in [7, 11) is 2.11. The number of nitrogens with one attached hydrogen (secondary N) is 1. The van der Waals surface area contributed by atoms with E-state index in [9.17, 15) is 9.90 Å². The average molecular weight is 406 g/mol. The summed E-state index contributed by atoms with van der Waals surface area (Å²) < 4.78 is 0. The Kier molecular flexibility index (Phi) is 5.83. The molecule has 3 aromatic rings. The van der Waals surface area contributed by atoms with Crippen LogP contribution in [0.15, 0.2) is 76.8 Å². The molecule has 0 aliphatic carbocycles. The fraction of sp³-hybridized carbons (Fsp3) is 0.217. The molecule has 0 saturated heterocycles. The van der Waals surface area contributed by atoms with E-state index in [1.54, 1.807) is 18.0 Å². The van der Waals surface area contributed by atoms with Crippen LogP contribution in [0.1, 0.15) is 27.5 Å². The standard InChI is InChI=1S/C23H23N3O2S/c1-26-12-10-16-13-18(29-17-5-3-2-4-6-17)7-8-19(16)22(26)15-25-21-14-24-11-9-20(21)23(27)28/h2-9,11,13-14,22,25H,10,12,15H2,1H3,(H,27,28). The molecule has 4 rings (SSSR count). The second-order valence-corrected chi connectivity index (χ2v) is 8.28. The molecule has 1 aliphatic rings. The van der Waals surface area contributed by atoms with E-state index in [2.05, 4.69) is 64.7 Å². The fourth-order valence-electron chi connectivity index (χ4n) is 3.70. The van der Waals surface area contributed by atoms with Crippen molar-refractivity contribution in [1.29, 1.82) is 0 Å². The number of hydrogen-bond donors (Lipinski definition) is 2. The third kappa shape index (κ3) is 4.44. The predicted molar refractivity (Wildman–Crippen MR) is 116 cm³/mol. The third-order valence-corrected chi connectivity index (χ3v) is 6.25. The first-order chi connectivity index (χ1) is 14.1. The highest BCUT2D eigenvalue weighted by molar-refractivity contribution is 7.99. The number of benzene rings is 2. The summed E-state index contributed by atoms with van der Waals surface area (Å²) in [5.41, 5.74) is 3.45. The Hall–Kier alpha value is -2.83. The number of carbonyl (C=O) groups is 1. The molecule has 0 amide bonds. The van der Waals surface area contributed by atoms with Crippen LogP contribution in [-0.4, -0.2) is 41.1 Å². The summed E-state index contributed by atoms with van der Waals surface area (Å²) in [4.78, 5) is 20.3. The van der Waals surface area contributed by atoms with Crippen molar-refractivity contribution in [2.75, 3.05) is 25.5 Å². The maximum atomic E-state index is 11.4. The van der Waals surface area contributed by atoms with Crippen LogP contribution < -0.4 is 5.32 Å². The molecule has 0 radical (unpaired) electrons. The average Bonchev–Trinajstić information content (AvgIpc) is 2.74. The van der Waals surface area contributed by atoms with Crippen LogP contribution in [0.2, 0.25) is 0 Å². The van der Waals surface area contributed by atoms with Gasteiger partial charge in [0.25, 0.3) is 0 Å². The zero-order chi connectivity index (χ0) is 20.2. The third-order valence-electron chi connectivity index (χ3n) is 5.26. The van der Waals surface area contributed by atoms with Gasteiger partial charge in [0.05, 0.1) is 23.5 Å². The van der Waals surface area contributed by atoms with Crippen molar-refractivity contribution < 1.29 is 9.90 Å². The van der Waals surface area contributed by atoms with Gasteiger partial charge in [0.2, 0.25) is 0 Å². The normalized spacial score (nSPS) is 16.2. The van der Waals surface area contributed by atoms with E-state index in [1.807, 2.05) is 6.07 Å². The zero-order valence-electron chi connectivity index (χ0n) is 16.2. The maximum Gasteiger partial charge on any atom is 0.337 e. The Morgan fingerprint density at radius 1 is 1.21 bits per heavy atom. The van der Waals surface area contributed by atoms with Gasteiger partial charge in [0.15, 0.2) is 0 Å².